The van der Waals surface area contributed by atoms with Crippen LogP contribution in [0.5, 0.6) is 5.75 Å². The molecule has 0 bridgehead atoms. The second kappa shape index (κ2) is 5.73. The summed E-state index contributed by atoms with van der Waals surface area (Å²) in [5.74, 6) is 0.366. The highest BCUT2D eigenvalue weighted by Crippen LogP contribution is 2.29. The molecule has 0 saturated heterocycles. The number of para-hydroxylation sites is 1. The predicted octanol–water partition coefficient (Wildman–Crippen LogP) is 4.09. The van der Waals surface area contributed by atoms with Gasteiger partial charge in [0.1, 0.15) is 5.75 Å². The molecule has 0 unspecified atom stereocenters. The van der Waals surface area contributed by atoms with Gasteiger partial charge >= 0.3 is 0 Å². The summed E-state index contributed by atoms with van der Waals surface area (Å²) in [6.45, 7) is 0. The number of hydrogen-bond acceptors (Lipinski definition) is 2. The molecule has 1 heterocycles. The number of rotatable bonds is 3. The lowest BCUT2D eigenvalue weighted by Gasteiger charge is -2.11. The number of aromatic nitrogens is 1. The van der Waals surface area contributed by atoms with E-state index < -0.39 is 0 Å². The molecule has 1 aromatic heterocycles. The second-order valence-corrected chi connectivity index (χ2v) is 5.41. The van der Waals surface area contributed by atoms with Gasteiger partial charge in [-0.1, -0.05) is 23.7 Å². The third-order valence-electron chi connectivity index (χ3n) is 3.55. The number of carbonyl (C=O) groups is 1. The number of anilines is 1. The van der Waals surface area contributed by atoms with E-state index in [1.54, 1.807) is 31.4 Å². The molecular weight excluding hydrogens is 300 g/mol. The molecule has 3 aromatic rings. The Bertz CT molecular complexity index is 855. The first-order valence-electron chi connectivity index (χ1n) is 6.79. The quantitative estimate of drug-likeness (QED) is 0.791. The SMILES string of the molecule is COc1ccc(Cl)cc1NC(=O)c1cccc2ccn(C)c12. The zero-order valence-electron chi connectivity index (χ0n) is 12.3. The number of methoxy groups -OCH3 is 1. The smallest absolute Gasteiger partial charge is 0.257 e. The first-order valence-corrected chi connectivity index (χ1v) is 7.17. The van der Waals surface area contributed by atoms with E-state index in [-0.39, 0.29) is 5.91 Å². The van der Waals surface area contributed by atoms with Crippen LogP contribution in [0, 0.1) is 0 Å². The van der Waals surface area contributed by atoms with Crippen molar-refractivity contribution in [1.82, 2.24) is 4.57 Å². The van der Waals surface area contributed by atoms with Crippen molar-refractivity contribution in [3.8, 4) is 5.75 Å². The lowest BCUT2D eigenvalue weighted by molar-refractivity contribution is 0.102. The van der Waals surface area contributed by atoms with Gasteiger partial charge in [-0.3, -0.25) is 4.79 Å². The molecule has 0 fully saturated rings. The van der Waals surface area contributed by atoms with E-state index in [1.807, 2.05) is 36.0 Å². The number of nitrogens with one attached hydrogen (secondary N) is 1. The van der Waals surface area contributed by atoms with E-state index in [4.69, 9.17) is 16.3 Å². The van der Waals surface area contributed by atoms with Crippen LogP contribution >= 0.6 is 11.6 Å². The van der Waals surface area contributed by atoms with Gasteiger partial charge < -0.3 is 14.6 Å². The summed E-state index contributed by atoms with van der Waals surface area (Å²) in [7, 11) is 3.47. The second-order valence-electron chi connectivity index (χ2n) is 4.97. The normalized spacial score (nSPS) is 10.7. The largest absolute Gasteiger partial charge is 0.495 e. The topological polar surface area (TPSA) is 43.3 Å². The molecule has 0 aliphatic carbocycles. The van der Waals surface area contributed by atoms with Gasteiger partial charge in [-0.15, -0.1) is 0 Å². The Morgan fingerprint density at radius 1 is 1.23 bits per heavy atom. The van der Waals surface area contributed by atoms with E-state index in [0.29, 0.717) is 22.0 Å². The van der Waals surface area contributed by atoms with Crippen LogP contribution in [-0.4, -0.2) is 17.6 Å². The summed E-state index contributed by atoms with van der Waals surface area (Å²) in [6, 6.07) is 12.7. The number of nitrogens with zero attached hydrogens (tertiary/aromatic N) is 1. The number of amides is 1. The Morgan fingerprint density at radius 3 is 2.82 bits per heavy atom. The number of hydrogen-bond donors (Lipinski definition) is 1. The number of carbonyl (C=O) groups excluding carboxylic acids is 1. The summed E-state index contributed by atoms with van der Waals surface area (Å²) < 4.78 is 7.18. The van der Waals surface area contributed by atoms with Gasteiger partial charge in [-0.05, 0) is 30.3 Å². The van der Waals surface area contributed by atoms with Gasteiger partial charge in [0.05, 0.1) is 23.9 Å². The summed E-state index contributed by atoms with van der Waals surface area (Å²) in [5, 5.41) is 4.42. The van der Waals surface area contributed by atoms with Crippen molar-refractivity contribution in [2.45, 2.75) is 0 Å². The molecule has 0 spiro atoms. The first-order chi connectivity index (χ1) is 10.6. The standard InChI is InChI=1S/C17H15ClN2O2/c1-20-9-8-11-4-3-5-13(16(11)20)17(21)19-14-10-12(18)6-7-15(14)22-2/h3-10H,1-2H3,(H,19,21). The van der Waals surface area contributed by atoms with E-state index in [2.05, 4.69) is 5.32 Å². The number of halogens is 1. The van der Waals surface area contributed by atoms with Gasteiger partial charge in [-0.2, -0.15) is 0 Å². The zero-order chi connectivity index (χ0) is 15.7. The van der Waals surface area contributed by atoms with Crippen molar-refractivity contribution in [3.63, 3.8) is 0 Å². The Hall–Kier alpha value is -2.46. The van der Waals surface area contributed by atoms with Crippen LogP contribution in [-0.2, 0) is 7.05 Å². The lowest BCUT2D eigenvalue weighted by Crippen LogP contribution is -2.14. The lowest BCUT2D eigenvalue weighted by atomic mass is 10.1. The summed E-state index contributed by atoms with van der Waals surface area (Å²) in [4.78, 5) is 12.6. The average Bonchev–Trinajstić information content (AvgIpc) is 2.89. The van der Waals surface area contributed by atoms with Gasteiger partial charge in [0, 0.05) is 23.7 Å². The van der Waals surface area contributed by atoms with Crippen LogP contribution in [0.1, 0.15) is 10.4 Å². The molecule has 0 aliphatic heterocycles. The number of aryl methyl sites for hydroxylation is 1. The van der Waals surface area contributed by atoms with Gasteiger partial charge in [0.2, 0.25) is 0 Å². The van der Waals surface area contributed by atoms with Crippen molar-refractivity contribution in [2.75, 3.05) is 12.4 Å². The third-order valence-corrected chi connectivity index (χ3v) is 3.79. The Balaban J connectivity index is 2.01. The highest BCUT2D eigenvalue weighted by atomic mass is 35.5. The summed E-state index contributed by atoms with van der Waals surface area (Å²) >= 11 is 6.00. The van der Waals surface area contributed by atoms with Gasteiger partial charge in [-0.25, -0.2) is 0 Å². The minimum absolute atomic E-state index is 0.201. The Labute approximate surface area is 133 Å². The van der Waals surface area contributed by atoms with E-state index in [0.717, 1.165) is 10.9 Å². The maximum Gasteiger partial charge on any atom is 0.257 e. The fraction of sp³-hybridized carbons (Fsp3) is 0.118. The number of ether oxygens (including phenoxy) is 1. The van der Waals surface area contributed by atoms with Crippen LogP contribution in [0.25, 0.3) is 10.9 Å². The minimum atomic E-state index is -0.201. The third kappa shape index (κ3) is 2.53. The molecule has 0 radical (unpaired) electrons. The molecule has 3 rings (SSSR count). The summed E-state index contributed by atoms with van der Waals surface area (Å²) in [6.07, 6.45) is 1.93. The highest BCUT2D eigenvalue weighted by molar-refractivity contribution is 6.31. The van der Waals surface area contributed by atoms with E-state index >= 15 is 0 Å². The first kappa shape index (κ1) is 14.5. The Kier molecular flexibility index (Phi) is 3.77. The molecule has 4 nitrogen and oxygen atoms in total. The van der Waals surface area contributed by atoms with Gasteiger partial charge in [0.15, 0.2) is 0 Å². The van der Waals surface area contributed by atoms with Crippen LogP contribution in [0.4, 0.5) is 5.69 Å². The number of benzene rings is 2. The van der Waals surface area contributed by atoms with Gasteiger partial charge in [0.25, 0.3) is 5.91 Å². The molecule has 22 heavy (non-hydrogen) atoms. The molecule has 112 valence electrons. The van der Waals surface area contributed by atoms with Crippen LogP contribution in [0.2, 0.25) is 5.02 Å². The Morgan fingerprint density at radius 2 is 2.05 bits per heavy atom. The number of fused-ring (bicyclic) bond motifs is 1. The molecular formula is C17H15ClN2O2. The summed E-state index contributed by atoms with van der Waals surface area (Å²) in [5.41, 5.74) is 2.04. The fourth-order valence-electron chi connectivity index (χ4n) is 2.51. The zero-order valence-corrected chi connectivity index (χ0v) is 13.0. The maximum absolute atomic E-state index is 12.6. The van der Waals surface area contributed by atoms with E-state index in [1.165, 1.54) is 0 Å². The predicted molar refractivity (Wildman–Crippen MR) is 88.9 cm³/mol. The van der Waals surface area contributed by atoms with Crippen molar-refractivity contribution >= 4 is 34.1 Å². The maximum atomic E-state index is 12.6. The van der Waals surface area contributed by atoms with Crippen LogP contribution in [0.15, 0.2) is 48.7 Å². The molecule has 1 amide bonds. The van der Waals surface area contributed by atoms with Crippen LogP contribution < -0.4 is 10.1 Å². The average molecular weight is 315 g/mol. The monoisotopic (exact) mass is 314 g/mol. The molecule has 5 heteroatoms. The van der Waals surface area contributed by atoms with E-state index in [9.17, 15) is 4.79 Å². The molecule has 0 saturated carbocycles. The van der Waals surface area contributed by atoms with Crippen molar-refractivity contribution < 1.29 is 9.53 Å². The molecule has 0 atom stereocenters. The van der Waals surface area contributed by atoms with Crippen molar-refractivity contribution in [2.24, 2.45) is 7.05 Å². The van der Waals surface area contributed by atoms with Crippen LogP contribution in [0.3, 0.4) is 0 Å². The molecule has 0 aliphatic rings. The minimum Gasteiger partial charge on any atom is -0.495 e. The fourth-order valence-corrected chi connectivity index (χ4v) is 2.68. The van der Waals surface area contributed by atoms with Crippen molar-refractivity contribution in [3.05, 3.63) is 59.2 Å². The highest BCUT2D eigenvalue weighted by Gasteiger charge is 2.14. The molecule has 1 N–H and O–H groups in total. The van der Waals surface area contributed by atoms with Crippen molar-refractivity contribution in [1.29, 1.82) is 0 Å². The molecule has 2 aromatic carbocycles.